The van der Waals surface area contributed by atoms with E-state index in [1.165, 1.54) is 0 Å². The summed E-state index contributed by atoms with van der Waals surface area (Å²) in [5, 5.41) is 0. The molecule has 3 nitrogen and oxygen atoms in total. The zero-order valence-corrected chi connectivity index (χ0v) is 10.9. The van der Waals surface area contributed by atoms with Gasteiger partial charge in [0, 0.05) is 5.41 Å². The lowest BCUT2D eigenvalue weighted by Gasteiger charge is -2.19. The molecule has 1 radical (unpaired) electrons. The van der Waals surface area contributed by atoms with Gasteiger partial charge < -0.3 is 4.74 Å². The van der Waals surface area contributed by atoms with Gasteiger partial charge >= 0.3 is 0 Å². The summed E-state index contributed by atoms with van der Waals surface area (Å²) in [5.74, 6) is 0.304. The topological polar surface area (TPSA) is 50.1 Å². The van der Waals surface area contributed by atoms with Crippen molar-refractivity contribution in [3.05, 3.63) is 29.8 Å². The van der Waals surface area contributed by atoms with E-state index in [4.69, 9.17) is 10.5 Å². The Bertz CT molecular complexity index is 380. The van der Waals surface area contributed by atoms with Crippen molar-refractivity contribution in [3.8, 4) is 5.75 Å². The lowest BCUT2D eigenvalue weighted by Crippen LogP contribution is -2.27. The highest BCUT2D eigenvalue weighted by atomic mass is 16.5. The van der Waals surface area contributed by atoms with Crippen molar-refractivity contribution in [2.24, 2.45) is 5.41 Å². The van der Waals surface area contributed by atoms with Gasteiger partial charge in [-0.3, -0.25) is 10.5 Å². The Morgan fingerprint density at radius 1 is 1.29 bits per heavy atom. The first kappa shape index (κ1) is 13.6. The smallest absolute Gasteiger partial charge is 0.244 e. The third-order valence-electron chi connectivity index (χ3n) is 2.56. The largest absolute Gasteiger partial charge is 0.491 e. The van der Waals surface area contributed by atoms with Crippen LogP contribution in [-0.2, 0) is 11.2 Å². The fourth-order valence-electron chi connectivity index (χ4n) is 1.55. The molecule has 1 N–H and O–H groups in total. The van der Waals surface area contributed by atoms with Gasteiger partial charge in [-0.1, -0.05) is 26.0 Å². The molecule has 0 bridgehead atoms. The molecule has 93 valence electrons. The summed E-state index contributed by atoms with van der Waals surface area (Å²) < 4.78 is 5.54. The van der Waals surface area contributed by atoms with E-state index in [-0.39, 0.29) is 6.10 Å². The summed E-state index contributed by atoms with van der Waals surface area (Å²) in [6.07, 6.45) is 0.740. The molecule has 0 spiro atoms. The first-order chi connectivity index (χ1) is 7.81. The molecule has 0 fully saturated rings. The third-order valence-corrected chi connectivity index (χ3v) is 2.56. The number of rotatable bonds is 5. The number of amides is 1. The lowest BCUT2D eigenvalue weighted by atomic mass is 9.85. The highest BCUT2D eigenvalue weighted by molar-refractivity contribution is 5.79. The van der Waals surface area contributed by atoms with E-state index >= 15 is 0 Å². The van der Waals surface area contributed by atoms with Crippen LogP contribution in [0.2, 0.25) is 0 Å². The molecular weight excluding hydrogens is 214 g/mol. The number of ether oxygens (including phenoxy) is 1. The molecule has 0 atom stereocenters. The number of hydrogen-bond acceptors (Lipinski definition) is 2. The van der Waals surface area contributed by atoms with E-state index in [0.717, 1.165) is 11.3 Å². The second-order valence-electron chi connectivity index (χ2n) is 5.20. The van der Waals surface area contributed by atoms with Crippen molar-refractivity contribution in [3.63, 3.8) is 0 Å². The molecule has 17 heavy (non-hydrogen) atoms. The molecule has 1 amide bonds. The first-order valence-electron chi connectivity index (χ1n) is 5.83. The number of carbonyl (C=O) groups is 1. The van der Waals surface area contributed by atoms with Gasteiger partial charge in [0.25, 0.3) is 0 Å². The molecule has 1 rings (SSSR count). The van der Waals surface area contributed by atoms with Crippen LogP contribution in [0.3, 0.4) is 0 Å². The summed E-state index contributed by atoms with van der Waals surface area (Å²) in [7, 11) is 0. The summed E-state index contributed by atoms with van der Waals surface area (Å²) in [4.78, 5) is 11.1. The van der Waals surface area contributed by atoms with Crippen molar-refractivity contribution >= 4 is 5.91 Å². The summed E-state index contributed by atoms with van der Waals surface area (Å²) >= 11 is 0. The van der Waals surface area contributed by atoms with Crippen molar-refractivity contribution in [1.82, 2.24) is 5.73 Å². The van der Waals surface area contributed by atoms with Gasteiger partial charge in [-0.25, -0.2) is 0 Å². The fraction of sp³-hybridized carbons (Fsp3) is 0.500. The number of benzene rings is 1. The number of carbonyl (C=O) groups excluding carboxylic acids is 1. The van der Waals surface area contributed by atoms with E-state index < -0.39 is 11.3 Å². The normalized spacial score (nSPS) is 11.6. The van der Waals surface area contributed by atoms with Crippen LogP contribution < -0.4 is 10.5 Å². The summed E-state index contributed by atoms with van der Waals surface area (Å²) in [5.41, 5.74) is 7.62. The molecule has 1 aromatic carbocycles. The molecule has 0 aliphatic heterocycles. The molecule has 0 saturated carbocycles. The van der Waals surface area contributed by atoms with Gasteiger partial charge in [-0.05, 0) is 38.0 Å². The van der Waals surface area contributed by atoms with Gasteiger partial charge in [-0.15, -0.1) is 0 Å². The second-order valence-corrected chi connectivity index (χ2v) is 5.20. The quantitative estimate of drug-likeness (QED) is 0.786. The lowest BCUT2D eigenvalue weighted by molar-refractivity contribution is -0.126. The second kappa shape index (κ2) is 5.21. The minimum Gasteiger partial charge on any atom is -0.491 e. The third kappa shape index (κ3) is 4.10. The predicted molar refractivity (Wildman–Crippen MR) is 67.8 cm³/mol. The van der Waals surface area contributed by atoms with Gasteiger partial charge in [-0.2, -0.15) is 0 Å². The van der Waals surface area contributed by atoms with E-state index in [9.17, 15) is 4.79 Å². The van der Waals surface area contributed by atoms with E-state index in [1.54, 1.807) is 13.8 Å². The average Bonchev–Trinajstić information content (AvgIpc) is 2.19. The Kier molecular flexibility index (Phi) is 4.16. The van der Waals surface area contributed by atoms with Crippen LogP contribution in [0, 0.1) is 5.41 Å². The SMILES string of the molecule is CC(C)Oc1ccc(CC(C)(C)C([NH])=O)cc1. The van der Waals surface area contributed by atoms with E-state index in [2.05, 4.69) is 0 Å². The van der Waals surface area contributed by atoms with Gasteiger partial charge in [0.2, 0.25) is 5.91 Å². The fourth-order valence-corrected chi connectivity index (χ4v) is 1.55. The maximum absolute atomic E-state index is 11.1. The molecule has 0 aromatic heterocycles. The molecule has 0 unspecified atom stereocenters. The van der Waals surface area contributed by atoms with Crippen LogP contribution in [0.1, 0.15) is 33.3 Å². The van der Waals surface area contributed by atoms with Crippen molar-refractivity contribution in [1.29, 1.82) is 0 Å². The molecule has 0 heterocycles. The van der Waals surface area contributed by atoms with Crippen molar-refractivity contribution in [2.45, 2.75) is 40.2 Å². The standard InChI is InChI=1S/C14H20NO2/c1-10(2)17-12-7-5-11(6-8-12)9-14(3,4)13(15)16/h5-8,10,15H,9H2,1-4H3. The van der Waals surface area contributed by atoms with Gasteiger partial charge in [0.05, 0.1) is 6.10 Å². The van der Waals surface area contributed by atoms with E-state index in [0.29, 0.717) is 6.42 Å². The Balaban J connectivity index is 2.72. The maximum atomic E-state index is 11.1. The monoisotopic (exact) mass is 234 g/mol. The van der Waals surface area contributed by atoms with Crippen LogP contribution in [-0.4, -0.2) is 12.0 Å². The first-order valence-corrected chi connectivity index (χ1v) is 5.83. The van der Waals surface area contributed by atoms with Crippen LogP contribution in [0.15, 0.2) is 24.3 Å². The van der Waals surface area contributed by atoms with Gasteiger partial charge in [0.1, 0.15) is 5.75 Å². The Morgan fingerprint density at radius 3 is 2.24 bits per heavy atom. The molecular formula is C14H20NO2. The van der Waals surface area contributed by atoms with Gasteiger partial charge in [0.15, 0.2) is 0 Å². The highest BCUT2D eigenvalue weighted by Gasteiger charge is 2.25. The zero-order valence-electron chi connectivity index (χ0n) is 10.9. The predicted octanol–water partition coefficient (Wildman–Crippen LogP) is 2.85. The minimum atomic E-state index is -0.625. The van der Waals surface area contributed by atoms with Crippen LogP contribution in [0.5, 0.6) is 5.75 Å². The molecule has 0 aliphatic carbocycles. The molecule has 3 heteroatoms. The van der Waals surface area contributed by atoms with E-state index in [1.807, 2.05) is 38.1 Å². The highest BCUT2D eigenvalue weighted by Crippen LogP contribution is 2.23. The average molecular weight is 234 g/mol. The Labute approximate surface area is 103 Å². The summed E-state index contributed by atoms with van der Waals surface area (Å²) in [6.45, 7) is 7.55. The van der Waals surface area contributed by atoms with Crippen LogP contribution >= 0.6 is 0 Å². The Morgan fingerprint density at radius 2 is 1.82 bits per heavy atom. The minimum absolute atomic E-state index is 0.159. The molecule has 0 aliphatic rings. The van der Waals surface area contributed by atoms with Crippen LogP contribution in [0.25, 0.3) is 0 Å². The van der Waals surface area contributed by atoms with Crippen molar-refractivity contribution < 1.29 is 9.53 Å². The number of hydrogen-bond donors (Lipinski definition) is 0. The summed E-state index contributed by atoms with van der Waals surface area (Å²) in [6, 6.07) is 7.70. The Hall–Kier alpha value is -1.51. The molecule has 1 aromatic rings. The maximum Gasteiger partial charge on any atom is 0.244 e. The number of nitrogens with one attached hydrogen (secondary N) is 1. The zero-order chi connectivity index (χ0) is 13.1. The molecule has 0 saturated heterocycles. The van der Waals surface area contributed by atoms with Crippen molar-refractivity contribution in [2.75, 3.05) is 0 Å². The van der Waals surface area contributed by atoms with Crippen LogP contribution in [0.4, 0.5) is 0 Å².